The van der Waals surface area contributed by atoms with Gasteiger partial charge in [0.05, 0.1) is 34.0 Å². The molecule has 0 N–H and O–H groups in total. The topological polar surface area (TPSA) is 71.1 Å². The molecular weight excluding hydrogens is 480 g/mol. The molecule has 6 nitrogen and oxygen atoms in total. The zero-order valence-corrected chi connectivity index (χ0v) is 22.3. The molecule has 3 rings (SSSR count). The van der Waals surface area contributed by atoms with Crippen LogP contribution in [0.5, 0.6) is 23.0 Å². The van der Waals surface area contributed by atoms with Crippen LogP contribution in [0.2, 0.25) is 0 Å². The van der Waals surface area contributed by atoms with E-state index in [1.165, 1.54) is 17.7 Å². The maximum atomic E-state index is 13.3. The average Bonchev–Trinajstić information content (AvgIpc) is 2.97. The van der Waals surface area contributed by atoms with Crippen LogP contribution < -0.4 is 18.9 Å². The van der Waals surface area contributed by atoms with E-state index in [0.717, 1.165) is 23.1 Å². The number of hydrogen-bond donors (Lipinski definition) is 0. The van der Waals surface area contributed by atoms with Gasteiger partial charge in [0.2, 0.25) is 0 Å². The number of ether oxygens (including phenoxy) is 4. The van der Waals surface area contributed by atoms with E-state index in [4.69, 9.17) is 18.9 Å². The largest absolute Gasteiger partial charge is 0.493 e. The quantitative estimate of drug-likeness (QED) is 0.163. The van der Waals surface area contributed by atoms with Crippen molar-refractivity contribution >= 4 is 29.8 Å². The van der Waals surface area contributed by atoms with Crippen LogP contribution in [-0.4, -0.2) is 40.0 Å². The highest BCUT2D eigenvalue weighted by molar-refractivity contribution is 6.31. The van der Waals surface area contributed by atoms with Crippen molar-refractivity contribution in [3.8, 4) is 23.0 Å². The lowest BCUT2D eigenvalue weighted by Gasteiger charge is -2.08. The molecule has 6 heteroatoms. The Morgan fingerprint density at radius 1 is 0.605 bits per heavy atom. The Kier molecular flexibility index (Phi) is 10.1. The molecule has 0 saturated heterocycles. The number of carbonyl (C=O) groups is 2. The summed E-state index contributed by atoms with van der Waals surface area (Å²) in [7, 11) is 6.21. The van der Waals surface area contributed by atoms with Gasteiger partial charge in [0.1, 0.15) is 0 Å². The van der Waals surface area contributed by atoms with Crippen molar-refractivity contribution < 1.29 is 28.5 Å². The lowest BCUT2D eigenvalue weighted by Crippen LogP contribution is -2.08. The third kappa shape index (κ3) is 7.23. The van der Waals surface area contributed by atoms with Gasteiger partial charge < -0.3 is 18.9 Å². The van der Waals surface area contributed by atoms with E-state index in [1.807, 2.05) is 24.3 Å². The van der Waals surface area contributed by atoms with Crippen LogP contribution in [0.15, 0.2) is 78.4 Å². The summed E-state index contributed by atoms with van der Waals surface area (Å²) in [5.74, 6) is 1.43. The van der Waals surface area contributed by atoms with Crippen molar-refractivity contribution in [2.75, 3.05) is 28.4 Å². The lowest BCUT2D eigenvalue weighted by molar-refractivity contribution is -0.116. The molecule has 0 aliphatic heterocycles. The van der Waals surface area contributed by atoms with Gasteiger partial charge in [-0.3, -0.25) is 9.59 Å². The van der Waals surface area contributed by atoms with Crippen molar-refractivity contribution in [1.29, 1.82) is 0 Å². The summed E-state index contributed by atoms with van der Waals surface area (Å²) in [5, 5.41) is 0. The molecule has 38 heavy (non-hydrogen) atoms. The predicted molar refractivity (Wildman–Crippen MR) is 151 cm³/mol. The summed E-state index contributed by atoms with van der Waals surface area (Å²) in [5.41, 5.74) is 3.44. The van der Waals surface area contributed by atoms with E-state index in [0.29, 0.717) is 23.0 Å². The Morgan fingerprint density at radius 2 is 1.03 bits per heavy atom. The summed E-state index contributed by atoms with van der Waals surface area (Å²) in [6.07, 6.45) is 8.57. The van der Waals surface area contributed by atoms with Crippen LogP contribution in [0.1, 0.15) is 29.2 Å². The van der Waals surface area contributed by atoms with E-state index in [2.05, 4.69) is 6.92 Å². The van der Waals surface area contributed by atoms with E-state index in [1.54, 1.807) is 83.1 Å². The van der Waals surface area contributed by atoms with Gasteiger partial charge in [0.25, 0.3) is 0 Å². The van der Waals surface area contributed by atoms with Crippen LogP contribution >= 0.6 is 0 Å². The fourth-order valence-corrected chi connectivity index (χ4v) is 3.72. The van der Waals surface area contributed by atoms with Crippen molar-refractivity contribution in [2.24, 2.45) is 0 Å². The molecule has 0 heterocycles. The van der Waals surface area contributed by atoms with Gasteiger partial charge in [-0.05, 0) is 71.2 Å². The smallest absolute Gasteiger partial charge is 0.189 e. The van der Waals surface area contributed by atoms with Gasteiger partial charge in [0.15, 0.2) is 34.6 Å². The first-order valence-electron chi connectivity index (χ1n) is 12.1. The van der Waals surface area contributed by atoms with Crippen molar-refractivity contribution in [2.45, 2.75) is 13.3 Å². The molecule has 0 atom stereocenters. The molecule has 0 radical (unpaired) electrons. The van der Waals surface area contributed by atoms with Crippen molar-refractivity contribution in [3.63, 3.8) is 0 Å². The molecule has 0 fully saturated rings. The number of aryl methyl sites for hydroxylation is 1. The number of carbonyl (C=O) groups excluding carboxylic acids is 2. The highest BCUT2D eigenvalue weighted by atomic mass is 16.5. The number of allylic oxidation sites excluding steroid dienone is 3. The maximum absolute atomic E-state index is 13.3. The Hall–Kier alpha value is -4.58. The normalized spacial score (nSPS) is 10.9. The summed E-state index contributed by atoms with van der Waals surface area (Å²) in [6, 6.07) is 18.4. The van der Waals surface area contributed by atoms with Gasteiger partial charge in [-0.1, -0.05) is 55.5 Å². The Balaban J connectivity index is 1.93. The molecule has 3 aromatic carbocycles. The molecule has 0 aromatic heterocycles. The van der Waals surface area contributed by atoms with Crippen molar-refractivity contribution in [3.05, 3.63) is 101 Å². The van der Waals surface area contributed by atoms with E-state index >= 15 is 0 Å². The van der Waals surface area contributed by atoms with Gasteiger partial charge in [-0.2, -0.15) is 0 Å². The van der Waals surface area contributed by atoms with Crippen LogP contribution in [-0.2, 0) is 16.0 Å². The Labute approximate surface area is 223 Å². The molecule has 0 saturated carbocycles. The number of rotatable bonds is 12. The molecule has 0 amide bonds. The molecule has 3 aromatic rings. The second-order valence-electron chi connectivity index (χ2n) is 8.28. The van der Waals surface area contributed by atoms with Gasteiger partial charge >= 0.3 is 0 Å². The minimum absolute atomic E-state index is 0.0442. The molecule has 0 aliphatic carbocycles. The van der Waals surface area contributed by atoms with E-state index in [9.17, 15) is 9.59 Å². The second kappa shape index (κ2) is 13.7. The fourth-order valence-electron chi connectivity index (χ4n) is 3.72. The highest BCUT2D eigenvalue weighted by Crippen LogP contribution is 2.29. The summed E-state index contributed by atoms with van der Waals surface area (Å²) in [6.45, 7) is 2.07. The molecular formula is C32H32O6. The molecule has 0 aliphatic rings. The van der Waals surface area contributed by atoms with Crippen LogP contribution in [0, 0.1) is 0 Å². The Bertz CT molecular complexity index is 1280. The number of benzene rings is 3. The summed E-state index contributed by atoms with van der Waals surface area (Å²) in [4.78, 5) is 26.5. The SMILES string of the molecule is CCc1ccc(C=C(C(=O)/C=C/c2ccc(OC)c(OC)c2)C(=O)/C=C/c2ccc(OC)c(OC)c2)cc1. The monoisotopic (exact) mass is 512 g/mol. The van der Waals surface area contributed by atoms with Gasteiger partial charge in [-0.15, -0.1) is 0 Å². The minimum atomic E-state index is -0.415. The zero-order chi connectivity index (χ0) is 27.5. The lowest BCUT2D eigenvalue weighted by atomic mass is 10.00. The maximum Gasteiger partial charge on any atom is 0.189 e. The molecule has 0 bridgehead atoms. The van der Waals surface area contributed by atoms with Gasteiger partial charge in [0, 0.05) is 0 Å². The standard InChI is InChI=1S/C32H32O6/c1-6-22-7-9-23(10-8-22)19-26(27(33)15-11-24-13-17-29(35-2)31(20-24)37-4)28(34)16-12-25-14-18-30(36-3)32(21-25)38-5/h7-21H,6H2,1-5H3/b15-11+,16-12+. The van der Waals surface area contributed by atoms with E-state index < -0.39 is 11.6 Å². The zero-order valence-electron chi connectivity index (χ0n) is 22.3. The van der Waals surface area contributed by atoms with Crippen LogP contribution in [0.3, 0.4) is 0 Å². The fraction of sp³-hybridized carbons (Fsp3) is 0.188. The minimum Gasteiger partial charge on any atom is -0.493 e. The van der Waals surface area contributed by atoms with E-state index in [-0.39, 0.29) is 5.57 Å². The third-order valence-corrected chi connectivity index (χ3v) is 5.90. The molecule has 196 valence electrons. The van der Waals surface area contributed by atoms with Crippen molar-refractivity contribution in [1.82, 2.24) is 0 Å². The summed E-state index contributed by atoms with van der Waals surface area (Å²) >= 11 is 0. The highest BCUT2D eigenvalue weighted by Gasteiger charge is 2.15. The molecule has 0 unspecified atom stereocenters. The number of methoxy groups -OCH3 is 4. The molecule has 0 spiro atoms. The number of ketones is 2. The first kappa shape index (κ1) is 28.0. The summed E-state index contributed by atoms with van der Waals surface area (Å²) < 4.78 is 21.2. The average molecular weight is 513 g/mol. The predicted octanol–water partition coefficient (Wildman–Crippen LogP) is 6.23. The number of hydrogen-bond acceptors (Lipinski definition) is 6. The van der Waals surface area contributed by atoms with Crippen LogP contribution in [0.25, 0.3) is 18.2 Å². The van der Waals surface area contributed by atoms with Crippen LogP contribution in [0.4, 0.5) is 0 Å². The first-order valence-corrected chi connectivity index (χ1v) is 12.1. The first-order chi connectivity index (χ1) is 18.4. The third-order valence-electron chi connectivity index (χ3n) is 5.90. The Morgan fingerprint density at radius 3 is 1.42 bits per heavy atom. The van der Waals surface area contributed by atoms with Gasteiger partial charge in [-0.25, -0.2) is 0 Å². The second-order valence-corrected chi connectivity index (χ2v) is 8.28.